The van der Waals surface area contributed by atoms with Crippen LogP contribution in [0.4, 0.5) is 0 Å². The number of hydrogen-bond donors (Lipinski definition) is 0. The van der Waals surface area contributed by atoms with Gasteiger partial charge in [0.25, 0.3) is 5.91 Å². The van der Waals surface area contributed by atoms with Gasteiger partial charge in [0.1, 0.15) is 11.5 Å². The lowest BCUT2D eigenvalue weighted by atomic mass is 9.90. The second-order valence-electron chi connectivity index (χ2n) is 8.38. The van der Waals surface area contributed by atoms with Crippen molar-refractivity contribution in [3.05, 3.63) is 59.0 Å². The Morgan fingerprint density at radius 2 is 1.80 bits per heavy atom. The summed E-state index contributed by atoms with van der Waals surface area (Å²) in [6, 6.07) is 12.4. The number of rotatable bonds is 8. The molecule has 5 nitrogen and oxygen atoms in total. The van der Waals surface area contributed by atoms with Crippen molar-refractivity contribution >= 4 is 11.8 Å². The summed E-state index contributed by atoms with van der Waals surface area (Å²) >= 11 is 0. The van der Waals surface area contributed by atoms with E-state index in [1.165, 1.54) is 5.56 Å². The zero-order valence-corrected chi connectivity index (χ0v) is 18.5. The van der Waals surface area contributed by atoms with Gasteiger partial charge in [0, 0.05) is 32.6 Å². The maximum absolute atomic E-state index is 12.9. The third-order valence-electron chi connectivity index (χ3n) is 5.98. The van der Waals surface area contributed by atoms with Crippen LogP contribution in [0.3, 0.4) is 0 Å². The summed E-state index contributed by atoms with van der Waals surface area (Å²) < 4.78 is 5.51. The highest BCUT2D eigenvalue weighted by molar-refractivity contribution is 5.95. The average molecular weight is 411 g/mol. The average Bonchev–Trinajstić information content (AvgIpc) is 3.09. The van der Waals surface area contributed by atoms with Gasteiger partial charge in [0.05, 0.1) is 5.56 Å². The van der Waals surface area contributed by atoms with E-state index in [0.29, 0.717) is 36.8 Å². The molecule has 1 aromatic carbocycles. The summed E-state index contributed by atoms with van der Waals surface area (Å²) in [4.78, 5) is 29.5. The van der Waals surface area contributed by atoms with E-state index >= 15 is 0 Å². The molecule has 1 fully saturated rings. The van der Waals surface area contributed by atoms with Crippen LogP contribution >= 0.6 is 0 Å². The second kappa shape index (κ2) is 10.5. The van der Waals surface area contributed by atoms with E-state index < -0.39 is 0 Å². The summed E-state index contributed by atoms with van der Waals surface area (Å²) in [5.41, 5.74) is 1.98. The smallest absolute Gasteiger partial charge is 0.257 e. The largest absolute Gasteiger partial charge is 0.466 e. The van der Waals surface area contributed by atoms with Crippen molar-refractivity contribution in [1.29, 1.82) is 0 Å². The van der Waals surface area contributed by atoms with Crippen LogP contribution in [0.2, 0.25) is 0 Å². The number of furan rings is 1. The van der Waals surface area contributed by atoms with Crippen LogP contribution in [0.5, 0.6) is 0 Å². The van der Waals surface area contributed by atoms with Crippen molar-refractivity contribution in [2.24, 2.45) is 5.92 Å². The first-order valence-corrected chi connectivity index (χ1v) is 11.2. The van der Waals surface area contributed by atoms with Crippen molar-refractivity contribution in [2.45, 2.75) is 52.9 Å². The topological polar surface area (TPSA) is 53.8 Å². The van der Waals surface area contributed by atoms with Crippen molar-refractivity contribution in [1.82, 2.24) is 9.80 Å². The maximum atomic E-state index is 12.9. The molecule has 0 aliphatic carbocycles. The molecule has 2 heterocycles. The number of benzene rings is 1. The summed E-state index contributed by atoms with van der Waals surface area (Å²) in [6.07, 6.45) is 4.42. The van der Waals surface area contributed by atoms with Crippen LogP contribution in [0.15, 0.2) is 40.8 Å². The molecule has 0 N–H and O–H groups in total. The Morgan fingerprint density at radius 3 is 2.40 bits per heavy atom. The quantitative estimate of drug-likeness (QED) is 0.638. The summed E-state index contributed by atoms with van der Waals surface area (Å²) in [6.45, 7) is 8.45. The van der Waals surface area contributed by atoms with Crippen LogP contribution in [0.1, 0.15) is 60.0 Å². The first-order valence-electron chi connectivity index (χ1n) is 11.2. The number of likely N-dealkylation sites (tertiary alicyclic amines) is 1. The Balaban J connectivity index is 1.49. The van der Waals surface area contributed by atoms with Crippen LogP contribution < -0.4 is 0 Å². The molecule has 0 unspecified atom stereocenters. The Morgan fingerprint density at radius 1 is 1.10 bits per heavy atom. The fourth-order valence-corrected chi connectivity index (χ4v) is 4.32. The number of carbonyl (C=O) groups is 2. The molecule has 30 heavy (non-hydrogen) atoms. The number of aryl methyl sites for hydroxylation is 2. The van der Waals surface area contributed by atoms with Gasteiger partial charge in [-0.15, -0.1) is 0 Å². The van der Waals surface area contributed by atoms with Gasteiger partial charge in [-0.05, 0) is 57.1 Å². The number of nitrogens with zero attached hydrogens (tertiary/aromatic N) is 2. The van der Waals surface area contributed by atoms with Crippen LogP contribution in [-0.2, 0) is 11.2 Å². The van der Waals surface area contributed by atoms with Gasteiger partial charge >= 0.3 is 0 Å². The fourth-order valence-electron chi connectivity index (χ4n) is 4.32. The van der Waals surface area contributed by atoms with E-state index in [1.807, 2.05) is 31.7 Å². The summed E-state index contributed by atoms with van der Waals surface area (Å²) in [5, 5.41) is 0. The predicted octanol–water partition coefficient (Wildman–Crippen LogP) is 4.62. The zero-order chi connectivity index (χ0) is 21.5. The molecular formula is C25H34N2O3. The fraction of sp³-hybridized carbons (Fsp3) is 0.520. The minimum atomic E-state index is -0.0411. The lowest BCUT2D eigenvalue weighted by Gasteiger charge is -2.33. The minimum Gasteiger partial charge on any atom is -0.466 e. The van der Waals surface area contributed by atoms with Gasteiger partial charge in [-0.1, -0.05) is 37.3 Å². The predicted molar refractivity (Wildman–Crippen MR) is 118 cm³/mol. The van der Waals surface area contributed by atoms with Crippen molar-refractivity contribution in [3.8, 4) is 0 Å². The van der Waals surface area contributed by atoms with E-state index in [4.69, 9.17) is 4.42 Å². The monoisotopic (exact) mass is 410 g/mol. The van der Waals surface area contributed by atoms with Gasteiger partial charge in [-0.3, -0.25) is 9.59 Å². The van der Waals surface area contributed by atoms with E-state index in [9.17, 15) is 9.59 Å². The van der Waals surface area contributed by atoms with Crippen molar-refractivity contribution < 1.29 is 14.0 Å². The van der Waals surface area contributed by atoms with E-state index in [0.717, 1.165) is 44.5 Å². The number of amides is 2. The molecule has 0 saturated carbocycles. The van der Waals surface area contributed by atoms with Crippen LogP contribution in [-0.4, -0.2) is 47.8 Å². The summed E-state index contributed by atoms with van der Waals surface area (Å²) in [5.74, 6) is 2.14. The zero-order valence-electron chi connectivity index (χ0n) is 18.5. The Labute approximate surface area is 180 Å². The molecule has 2 amide bonds. The maximum Gasteiger partial charge on any atom is 0.257 e. The van der Waals surface area contributed by atoms with Gasteiger partial charge < -0.3 is 14.2 Å². The molecule has 5 heteroatoms. The van der Waals surface area contributed by atoms with Crippen LogP contribution in [0, 0.1) is 19.8 Å². The molecule has 0 atom stereocenters. The third kappa shape index (κ3) is 5.74. The minimum absolute atomic E-state index is 0.0411. The molecular weight excluding hydrogens is 376 g/mol. The normalized spacial score (nSPS) is 14.7. The lowest BCUT2D eigenvalue weighted by molar-refractivity contribution is -0.132. The van der Waals surface area contributed by atoms with E-state index in [2.05, 4.69) is 24.3 Å². The van der Waals surface area contributed by atoms with Gasteiger partial charge in [0.15, 0.2) is 0 Å². The molecule has 1 saturated heterocycles. The molecule has 3 rings (SSSR count). The Hall–Kier alpha value is -2.56. The van der Waals surface area contributed by atoms with Gasteiger partial charge in [-0.2, -0.15) is 0 Å². The van der Waals surface area contributed by atoms with Crippen molar-refractivity contribution in [3.63, 3.8) is 0 Å². The Kier molecular flexibility index (Phi) is 7.72. The molecule has 2 aromatic rings. The Bertz CT molecular complexity index is 835. The standard InChI is InChI=1S/C25H34N2O3/c1-4-13-27(25(29)23-17-19(2)30-20(23)3)16-12-24(28)26-14-10-22(11-15-26)18-21-8-6-5-7-9-21/h5-9,17,22H,4,10-16,18H2,1-3H3. The second-order valence-corrected chi connectivity index (χ2v) is 8.38. The number of hydrogen-bond acceptors (Lipinski definition) is 3. The molecule has 1 aromatic heterocycles. The summed E-state index contributed by atoms with van der Waals surface area (Å²) in [7, 11) is 0. The first kappa shape index (κ1) is 22.1. The molecule has 1 aliphatic rings. The van der Waals surface area contributed by atoms with E-state index in [-0.39, 0.29) is 11.8 Å². The highest BCUT2D eigenvalue weighted by Gasteiger charge is 2.25. The molecule has 162 valence electrons. The lowest BCUT2D eigenvalue weighted by Crippen LogP contribution is -2.41. The third-order valence-corrected chi connectivity index (χ3v) is 5.98. The van der Waals surface area contributed by atoms with Gasteiger partial charge in [-0.25, -0.2) is 0 Å². The van der Waals surface area contributed by atoms with Crippen LogP contribution in [0.25, 0.3) is 0 Å². The van der Waals surface area contributed by atoms with Gasteiger partial charge in [0.2, 0.25) is 5.91 Å². The highest BCUT2D eigenvalue weighted by Crippen LogP contribution is 2.22. The molecule has 0 bridgehead atoms. The number of piperidine rings is 1. The van der Waals surface area contributed by atoms with Crippen molar-refractivity contribution in [2.75, 3.05) is 26.2 Å². The number of carbonyl (C=O) groups excluding carboxylic acids is 2. The molecule has 0 spiro atoms. The molecule has 0 radical (unpaired) electrons. The van der Waals surface area contributed by atoms with E-state index in [1.54, 1.807) is 11.0 Å². The SMILES string of the molecule is CCCN(CCC(=O)N1CCC(Cc2ccccc2)CC1)C(=O)c1cc(C)oc1C. The highest BCUT2D eigenvalue weighted by atomic mass is 16.3. The first-order chi connectivity index (χ1) is 14.5. The molecule has 1 aliphatic heterocycles.